The van der Waals surface area contributed by atoms with Crippen LogP contribution in [-0.2, 0) is 9.31 Å². The number of aromatic nitrogens is 2. The lowest BCUT2D eigenvalue weighted by Crippen LogP contribution is -2.41. The summed E-state index contributed by atoms with van der Waals surface area (Å²) in [5, 5.41) is 9.07. The Morgan fingerprint density at radius 3 is 2.33 bits per heavy atom. The van der Waals surface area contributed by atoms with Crippen molar-refractivity contribution in [3.8, 4) is 11.4 Å². The van der Waals surface area contributed by atoms with Crippen LogP contribution in [0.15, 0.2) is 42.7 Å². The van der Waals surface area contributed by atoms with Crippen molar-refractivity contribution < 1.29 is 19.2 Å². The molecule has 1 aromatic carbocycles. The van der Waals surface area contributed by atoms with Gasteiger partial charge in [0.2, 0.25) is 0 Å². The molecular formula is C22H26BN3O4. The number of benzene rings is 1. The molecule has 2 aromatic rings. The van der Waals surface area contributed by atoms with Crippen LogP contribution < -0.4 is 5.46 Å². The van der Waals surface area contributed by atoms with Crippen LogP contribution in [0, 0.1) is 0 Å². The number of carbonyl (C=O) groups is 1. The second-order valence-corrected chi connectivity index (χ2v) is 8.72. The topological polar surface area (TPSA) is 84.8 Å². The molecule has 0 bridgehead atoms. The van der Waals surface area contributed by atoms with Crippen LogP contribution in [0.3, 0.4) is 0 Å². The summed E-state index contributed by atoms with van der Waals surface area (Å²) in [5.74, 6) is 0.626. The summed E-state index contributed by atoms with van der Waals surface area (Å²) in [5.41, 5.74) is 3.04. The second kappa shape index (κ2) is 7.52. The highest BCUT2D eigenvalue weighted by molar-refractivity contribution is 6.62. The number of rotatable bonds is 3. The van der Waals surface area contributed by atoms with Gasteiger partial charge in [0, 0.05) is 36.6 Å². The van der Waals surface area contributed by atoms with Crippen molar-refractivity contribution in [3.63, 3.8) is 0 Å². The molecule has 1 fully saturated rings. The smallest absolute Gasteiger partial charge is 0.465 e. The third-order valence-corrected chi connectivity index (χ3v) is 6.17. The van der Waals surface area contributed by atoms with Gasteiger partial charge in [-0.2, -0.15) is 0 Å². The van der Waals surface area contributed by atoms with E-state index in [-0.39, 0.29) is 0 Å². The van der Waals surface area contributed by atoms with Crippen molar-refractivity contribution in [1.82, 2.24) is 14.9 Å². The van der Waals surface area contributed by atoms with Crippen molar-refractivity contribution >= 4 is 24.2 Å². The molecule has 0 aliphatic carbocycles. The Morgan fingerprint density at radius 1 is 1.10 bits per heavy atom. The highest BCUT2D eigenvalue weighted by Crippen LogP contribution is 2.36. The molecule has 1 N–H and O–H groups in total. The van der Waals surface area contributed by atoms with Crippen LogP contribution in [0.1, 0.15) is 39.7 Å². The Kier molecular flexibility index (Phi) is 5.16. The molecular weight excluding hydrogens is 381 g/mol. The van der Waals surface area contributed by atoms with Gasteiger partial charge in [0.1, 0.15) is 0 Å². The second-order valence-electron chi connectivity index (χ2n) is 8.72. The van der Waals surface area contributed by atoms with E-state index < -0.39 is 24.4 Å². The summed E-state index contributed by atoms with van der Waals surface area (Å²) in [6.45, 7) is 9.02. The maximum atomic E-state index is 11.0. The predicted molar refractivity (Wildman–Crippen MR) is 115 cm³/mol. The highest BCUT2D eigenvalue weighted by Gasteiger charge is 2.51. The molecule has 4 rings (SSSR count). The van der Waals surface area contributed by atoms with Crippen molar-refractivity contribution in [2.45, 2.75) is 45.3 Å². The quantitative estimate of drug-likeness (QED) is 0.787. The average molecular weight is 407 g/mol. The van der Waals surface area contributed by atoms with E-state index in [1.807, 2.05) is 58.0 Å². The van der Waals surface area contributed by atoms with E-state index in [2.05, 4.69) is 9.97 Å². The Bertz CT molecular complexity index is 972. The molecule has 2 aliphatic rings. The van der Waals surface area contributed by atoms with Gasteiger partial charge >= 0.3 is 13.2 Å². The largest absolute Gasteiger partial charge is 0.494 e. The Hall–Kier alpha value is -2.71. The zero-order valence-electron chi connectivity index (χ0n) is 17.8. The summed E-state index contributed by atoms with van der Waals surface area (Å²) in [4.78, 5) is 21.5. The molecule has 2 aliphatic heterocycles. The van der Waals surface area contributed by atoms with Crippen molar-refractivity contribution in [2.24, 2.45) is 0 Å². The summed E-state index contributed by atoms with van der Waals surface area (Å²) in [6.07, 6.45) is 5.29. The number of carboxylic acid groups (broad SMARTS) is 1. The van der Waals surface area contributed by atoms with Crippen LogP contribution >= 0.6 is 0 Å². The van der Waals surface area contributed by atoms with E-state index in [9.17, 15) is 4.79 Å². The van der Waals surface area contributed by atoms with Crippen LogP contribution in [0.4, 0.5) is 4.79 Å². The Balaban J connectivity index is 1.52. The summed E-state index contributed by atoms with van der Waals surface area (Å²) in [7, 11) is -0.432. The number of hydrogen-bond donors (Lipinski definition) is 1. The Morgan fingerprint density at radius 2 is 1.77 bits per heavy atom. The SMILES string of the molecule is CC1(C)OB(c2cccc(-c3ncc(C4=CCN(C(=O)O)CC4)cn3)c2)OC1(C)C. The monoisotopic (exact) mass is 407 g/mol. The van der Waals surface area contributed by atoms with Gasteiger partial charge in [-0.25, -0.2) is 14.8 Å². The maximum absolute atomic E-state index is 11.0. The van der Waals surface area contributed by atoms with E-state index in [0.29, 0.717) is 25.3 Å². The number of nitrogens with zero attached hydrogens (tertiary/aromatic N) is 3. The molecule has 156 valence electrons. The van der Waals surface area contributed by atoms with Crippen LogP contribution in [0.5, 0.6) is 0 Å². The minimum Gasteiger partial charge on any atom is -0.465 e. The van der Waals surface area contributed by atoms with E-state index in [0.717, 1.165) is 22.2 Å². The lowest BCUT2D eigenvalue weighted by molar-refractivity contribution is 0.00578. The number of hydrogen-bond acceptors (Lipinski definition) is 5. The van der Waals surface area contributed by atoms with E-state index >= 15 is 0 Å². The molecule has 7 nitrogen and oxygen atoms in total. The zero-order chi connectivity index (χ0) is 21.5. The fourth-order valence-electron chi connectivity index (χ4n) is 3.55. The van der Waals surface area contributed by atoms with E-state index in [1.165, 1.54) is 4.90 Å². The van der Waals surface area contributed by atoms with Gasteiger partial charge in [-0.3, -0.25) is 0 Å². The normalized spacial score (nSPS) is 20.2. The average Bonchev–Trinajstić information content (AvgIpc) is 2.95. The summed E-state index contributed by atoms with van der Waals surface area (Å²) in [6, 6.07) is 7.91. The van der Waals surface area contributed by atoms with Gasteiger partial charge in [-0.1, -0.05) is 30.3 Å². The van der Waals surface area contributed by atoms with Gasteiger partial charge in [0.15, 0.2) is 5.82 Å². The first-order chi connectivity index (χ1) is 14.2. The summed E-state index contributed by atoms with van der Waals surface area (Å²) < 4.78 is 12.3. The lowest BCUT2D eigenvalue weighted by atomic mass is 9.78. The molecule has 1 saturated heterocycles. The first kappa shape index (κ1) is 20.6. The molecule has 0 atom stereocenters. The molecule has 0 saturated carbocycles. The third kappa shape index (κ3) is 3.85. The molecule has 8 heteroatoms. The van der Waals surface area contributed by atoms with Gasteiger partial charge in [-0.05, 0) is 45.2 Å². The van der Waals surface area contributed by atoms with E-state index in [1.54, 1.807) is 12.4 Å². The molecule has 1 aromatic heterocycles. The number of amides is 1. The van der Waals surface area contributed by atoms with Gasteiger partial charge < -0.3 is 19.3 Å². The van der Waals surface area contributed by atoms with Crippen LogP contribution in [0.25, 0.3) is 17.0 Å². The van der Waals surface area contributed by atoms with Crippen molar-refractivity contribution in [3.05, 3.63) is 48.3 Å². The molecule has 1 amide bonds. The molecule has 0 unspecified atom stereocenters. The lowest BCUT2D eigenvalue weighted by Gasteiger charge is -2.32. The molecule has 3 heterocycles. The predicted octanol–water partition coefficient (Wildman–Crippen LogP) is 3.21. The fraction of sp³-hybridized carbons (Fsp3) is 0.409. The van der Waals surface area contributed by atoms with Crippen LogP contribution in [-0.4, -0.2) is 57.5 Å². The van der Waals surface area contributed by atoms with Gasteiger partial charge in [-0.15, -0.1) is 0 Å². The van der Waals surface area contributed by atoms with Crippen molar-refractivity contribution in [1.29, 1.82) is 0 Å². The van der Waals surface area contributed by atoms with Gasteiger partial charge in [0.25, 0.3) is 0 Å². The van der Waals surface area contributed by atoms with E-state index in [4.69, 9.17) is 14.4 Å². The maximum Gasteiger partial charge on any atom is 0.494 e. The minimum absolute atomic E-state index is 0.391. The minimum atomic E-state index is -0.890. The molecule has 0 radical (unpaired) electrons. The molecule has 0 spiro atoms. The highest BCUT2D eigenvalue weighted by atomic mass is 16.7. The third-order valence-electron chi connectivity index (χ3n) is 6.17. The van der Waals surface area contributed by atoms with Gasteiger partial charge in [0.05, 0.1) is 11.2 Å². The van der Waals surface area contributed by atoms with Crippen LogP contribution in [0.2, 0.25) is 0 Å². The first-order valence-electron chi connectivity index (χ1n) is 10.1. The van der Waals surface area contributed by atoms with Crippen molar-refractivity contribution in [2.75, 3.05) is 13.1 Å². The fourth-order valence-corrected chi connectivity index (χ4v) is 3.55. The first-order valence-corrected chi connectivity index (χ1v) is 10.1. The summed E-state index contributed by atoms with van der Waals surface area (Å²) >= 11 is 0. The standard InChI is InChI=1S/C22H26BN3O4/c1-21(2)22(3,4)30-23(29-21)18-7-5-6-16(12-18)19-24-13-17(14-25-19)15-8-10-26(11-9-15)20(27)28/h5-8,12-14H,9-11H2,1-4H3,(H,27,28). The molecule has 30 heavy (non-hydrogen) atoms. The zero-order valence-corrected chi connectivity index (χ0v) is 17.8. The Labute approximate surface area is 176 Å².